The molecule has 0 aliphatic rings. The summed E-state index contributed by atoms with van der Waals surface area (Å²) in [6.07, 6.45) is 1.50. The molecule has 0 radical (unpaired) electrons. The summed E-state index contributed by atoms with van der Waals surface area (Å²) < 4.78 is 19.0. The fourth-order valence-electron chi connectivity index (χ4n) is 2.15. The summed E-state index contributed by atoms with van der Waals surface area (Å²) in [6, 6.07) is 7.93. The molecule has 1 heterocycles. The second-order valence-electron chi connectivity index (χ2n) is 5.18. The van der Waals surface area contributed by atoms with Gasteiger partial charge in [0.05, 0.1) is 18.7 Å². The van der Waals surface area contributed by atoms with E-state index in [4.69, 9.17) is 16.0 Å². The Hall–Kier alpha value is -1.85. The minimum absolute atomic E-state index is 0.0879. The Bertz CT molecular complexity index is 609. The molecule has 1 aromatic heterocycles. The molecule has 2 rings (SSSR count). The van der Waals surface area contributed by atoms with Crippen LogP contribution in [-0.2, 0) is 11.2 Å². The molecule has 1 atom stereocenters. The molecule has 22 heavy (non-hydrogen) atoms. The summed E-state index contributed by atoms with van der Waals surface area (Å²) in [5.74, 6) is -0.00234. The lowest BCUT2D eigenvalue weighted by Crippen LogP contribution is -2.35. The predicted octanol–water partition coefficient (Wildman–Crippen LogP) is 3.03. The van der Waals surface area contributed by atoms with E-state index in [1.165, 1.54) is 12.1 Å². The summed E-state index contributed by atoms with van der Waals surface area (Å²) in [5, 5.41) is 3.04. The zero-order chi connectivity index (χ0) is 16.1. The van der Waals surface area contributed by atoms with Gasteiger partial charge in [0.25, 0.3) is 0 Å². The fraction of sp³-hybridized carbons (Fsp3) is 0.312. The van der Waals surface area contributed by atoms with Gasteiger partial charge in [-0.2, -0.15) is 0 Å². The van der Waals surface area contributed by atoms with Gasteiger partial charge in [-0.05, 0) is 38.4 Å². The highest BCUT2D eigenvalue weighted by Gasteiger charge is 2.18. The first-order valence-corrected chi connectivity index (χ1v) is 7.26. The van der Waals surface area contributed by atoms with E-state index in [2.05, 4.69) is 5.32 Å². The first-order chi connectivity index (χ1) is 10.5. The number of carbonyl (C=O) groups excluding carboxylic acids is 1. The van der Waals surface area contributed by atoms with Crippen molar-refractivity contribution in [2.45, 2.75) is 12.5 Å². The standard InChI is InChI=1S/C16H18ClFN2O2/c1-20(2)14(15-7-4-8-22-15)10-19-16(21)9-11-12(17)5-3-6-13(11)18/h3-8,14H,9-10H2,1-2H3,(H,19,21). The minimum Gasteiger partial charge on any atom is -0.468 e. The van der Waals surface area contributed by atoms with E-state index in [1.807, 2.05) is 25.1 Å². The lowest BCUT2D eigenvalue weighted by Gasteiger charge is -2.22. The van der Waals surface area contributed by atoms with Crippen molar-refractivity contribution in [2.75, 3.05) is 20.6 Å². The average Bonchev–Trinajstić information content (AvgIpc) is 2.97. The third-order valence-electron chi connectivity index (χ3n) is 3.39. The van der Waals surface area contributed by atoms with Crippen molar-refractivity contribution in [1.29, 1.82) is 0 Å². The Morgan fingerprint density at radius 1 is 1.36 bits per heavy atom. The van der Waals surface area contributed by atoms with Crippen LogP contribution in [0.4, 0.5) is 4.39 Å². The molecular weight excluding hydrogens is 307 g/mol. The van der Waals surface area contributed by atoms with Crippen molar-refractivity contribution in [2.24, 2.45) is 0 Å². The number of likely N-dealkylation sites (N-methyl/N-ethyl adjacent to an activating group) is 1. The number of hydrogen-bond donors (Lipinski definition) is 1. The van der Waals surface area contributed by atoms with Gasteiger partial charge in [0.15, 0.2) is 0 Å². The van der Waals surface area contributed by atoms with Gasteiger partial charge < -0.3 is 9.73 Å². The molecule has 1 unspecified atom stereocenters. The van der Waals surface area contributed by atoms with E-state index >= 15 is 0 Å². The van der Waals surface area contributed by atoms with Crippen LogP contribution in [0, 0.1) is 5.82 Å². The van der Waals surface area contributed by atoms with Crippen LogP contribution in [0.5, 0.6) is 0 Å². The average molecular weight is 325 g/mol. The first kappa shape index (κ1) is 16.5. The Morgan fingerprint density at radius 3 is 2.73 bits per heavy atom. The molecule has 1 N–H and O–H groups in total. The number of nitrogens with one attached hydrogen (secondary N) is 1. The second-order valence-corrected chi connectivity index (χ2v) is 5.58. The molecule has 1 aromatic carbocycles. The molecule has 0 aliphatic heterocycles. The van der Waals surface area contributed by atoms with Gasteiger partial charge in [0.2, 0.25) is 5.91 Å². The molecule has 0 saturated heterocycles. The van der Waals surface area contributed by atoms with E-state index < -0.39 is 5.82 Å². The number of hydrogen-bond acceptors (Lipinski definition) is 3. The van der Waals surface area contributed by atoms with Gasteiger partial charge in [0, 0.05) is 17.1 Å². The maximum absolute atomic E-state index is 13.7. The first-order valence-electron chi connectivity index (χ1n) is 6.88. The van der Waals surface area contributed by atoms with Gasteiger partial charge in [-0.3, -0.25) is 9.69 Å². The van der Waals surface area contributed by atoms with E-state index in [9.17, 15) is 9.18 Å². The quantitative estimate of drug-likeness (QED) is 0.888. The van der Waals surface area contributed by atoms with Crippen LogP contribution < -0.4 is 5.32 Å². The van der Waals surface area contributed by atoms with E-state index in [-0.39, 0.29) is 29.0 Å². The Balaban J connectivity index is 1.97. The van der Waals surface area contributed by atoms with Crippen molar-refractivity contribution < 1.29 is 13.6 Å². The molecule has 2 aromatic rings. The van der Waals surface area contributed by atoms with Crippen molar-refractivity contribution in [3.63, 3.8) is 0 Å². The van der Waals surface area contributed by atoms with Crippen LogP contribution in [-0.4, -0.2) is 31.4 Å². The summed E-state index contributed by atoms with van der Waals surface area (Å²) in [7, 11) is 3.79. The van der Waals surface area contributed by atoms with E-state index in [1.54, 1.807) is 18.4 Å². The molecule has 0 aliphatic carbocycles. The topological polar surface area (TPSA) is 45.5 Å². The summed E-state index contributed by atoms with van der Waals surface area (Å²) in [5.41, 5.74) is 0.209. The lowest BCUT2D eigenvalue weighted by molar-refractivity contribution is -0.120. The van der Waals surface area contributed by atoms with Crippen molar-refractivity contribution in [3.8, 4) is 0 Å². The van der Waals surface area contributed by atoms with Crippen LogP contribution in [0.25, 0.3) is 0 Å². The molecule has 6 heteroatoms. The molecule has 1 amide bonds. The molecular formula is C16H18ClFN2O2. The predicted molar refractivity (Wildman–Crippen MR) is 83.3 cm³/mol. The molecule has 0 fully saturated rings. The Kier molecular flexibility index (Phi) is 5.57. The third-order valence-corrected chi connectivity index (χ3v) is 3.74. The number of benzene rings is 1. The smallest absolute Gasteiger partial charge is 0.224 e. The van der Waals surface area contributed by atoms with Crippen LogP contribution >= 0.6 is 11.6 Å². The molecule has 0 saturated carbocycles. The van der Waals surface area contributed by atoms with E-state index in [0.717, 1.165) is 5.76 Å². The van der Waals surface area contributed by atoms with Crippen LogP contribution in [0.15, 0.2) is 41.0 Å². The second kappa shape index (κ2) is 7.42. The number of halogens is 2. The highest BCUT2D eigenvalue weighted by molar-refractivity contribution is 6.31. The fourth-order valence-corrected chi connectivity index (χ4v) is 2.38. The van der Waals surface area contributed by atoms with Gasteiger partial charge in [0.1, 0.15) is 11.6 Å². The Labute approximate surface area is 133 Å². The molecule has 0 spiro atoms. The molecule has 0 bridgehead atoms. The maximum atomic E-state index is 13.7. The summed E-state index contributed by atoms with van der Waals surface area (Å²) in [4.78, 5) is 14.0. The zero-order valence-corrected chi connectivity index (χ0v) is 13.2. The number of nitrogens with zero attached hydrogens (tertiary/aromatic N) is 1. The van der Waals surface area contributed by atoms with Crippen molar-refractivity contribution >= 4 is 17.5 Å². The van der Waals surface area contributed by atoms with Crippen LogP contribution in [0.3, 0.4) is 0 Å². The normalized spacial score (nSPS) is 12.4. The maximum Gasteiger partial charge on any atom is 0.224 e. The van der Waals surface area contributed by atoms with E-state index in [0.29, 0.717) is 6.54 Å². The SMILES string of the molecule is CN(C)C(CNC(=O)Cc1c(F)cccc1Cl)c1ccco1. The number of furan rings is 1. The minimum atomic E-state index is -0.474. The lowest BCUT2D eigenvalue weighted by atomic mass is 10.1. The zero-order valence-electron chi connectivity index (χ0n) is 12.5. The Morgan fingerprint density at radius 2 is 2.14 bits per heavy atom. The van der Waals surface area contributed by atoms with Crippen LogP contribution in [0.2, 0.25) is 5.02 Å². The highest BCUT2D eigenvalue weighted by atomic mass is 35.5. The summed E-state index contributed by atoms with van der Waals surface area (Å²) >= 11 is 5.92. The van der Waals surface area contributed by atoms with Gasteiger partial charge in [-0.1, -0.05) is 17.7 Å². The number of amides is 1. The highest BCUT2D eigenvalue weighted by Crippen LogP contribution is 2.20. The number of rotatable bonds is 6. The molecule has 118 valence electrons. The monoisotopic (exact) mass is 324 g/mol. The van der Waals surface area contributed by atoms with Gasteiger partial charge >= 0.3 is 0 Å². The largest absolute Gasteiger partial charge is 0.468 e. The number of carbonyl (C=O) groups is 1. The van der Waals surface area contributed by atoms with Crippen molar-refractivity contribution in [3.05, 3.63) is 58.8 Å². The molecule has 4 nitrogen and oxygen atoms in total. The third kappa shape index (κ3) is 4.08. The summed E-state index contributed by atoms with van der Waals surface area (Å²) in [6.45, 7) is 0.366. The van der Waals surface area contributed by atoms with Crippen LogP contribution in [0.1, 0.15) is 17.4 Å². The van der Waals surface area contributed by atoms with Gasteiger partial charge in [-0.15, -0.1) is 0 Å². The van der Waals surface area contributed by atoms with Gasteiger partial charge in [-0.25, -0.2) is 4.39 Å². The van der Waals surface area contributed by atoms with Crippen molar-refractivity contribution in [1.82, 2.24) is 10.2 Å².